The molecule has 5 heteroatoms. The van der Waals surface area contributed by atoms with Crippen molar-refractivity contribution in [2.75, 3.05) is 13.1 Å². The first-order chi connectivity index (χ1) is 8.66. The average Bonchev–Trinajstić information content (AvgIpc) is 2.40. The zero-order chi connectivity index (χ0) is 13.0. The molecule has 0 saturated carbocycles. The fourth-order valence-electron chi connectivity index (χ4n) is 2.04. The number of aromatic nitrogens is 2. The van der Waals surface area contributed by atoms with Crippen LogP contribution < -0.4 is 0 Å². The Labute approximate surface area is 112 Å². The maximum Gasteiger partial charge on any atom is 0.235 e. The number of hydrogen-bond donors (Lipinski definition) is 0. The molecule has 0 radical (unpaired) electrons. The van der Waals surface area contributed by atoms with E-state index in [1.54, 1.807) is 18.5 Å². The quantitative estimate of drug-likeness (QED) is 0.621. The third-order valence-electron chi connectivity index (χ3n) is 3.27. The number of likely N-dealkylation sites (tertiary alicyclic amines) is 1. The van der Waals surface area contributed by atoms with E-state index in [4.69, 9.17) is 0 Å². The molecule has 98 valence electrons. The highest BCUT2D eigenvalue weighted by atomic mass is 32.2. The van der Waals surface area contributed by atoms with E-state index in [2.05, 4.69) is 16.9 Å². The Hall–Kier alpha value is -1.10. The summed E-state index contributed by atoms with van der Waals surface area (Å²) in [6, 6.07) is 1.78. The number of hydrogen-bond acceptors (Lipinski definition) is 4. The van der Waals surface area contributed by atoms with E-state index in [9.17, 15) is 4.79 Å². The number of carbonyl (C=O) groups excluding carboxylic acids is 1. The summed E-state index contributed by atoms with van der Waals surface area (Å²) in [4.78, 5) is 22.5. The van der Waals surface area contributed by atoms with Crippen molar-refractivity contribution >= 4 is 17.7 Å². The molecule has 1 aromatic rings. The van der Waals surface area contributed by atoms with Gasteiger partial charge in [0.05, 0.1) is 5.25 Å². The van der Waals surface area contributed by atoms with E-state index >= 15 is 0 Å². The summed E-state index contributed by atoms with van der Waals surface area (Å²) >= 11 is 1.43. The van der Waals surface area contributed by atoms with Gasteiger partial charge in [-0.3, -0.25) is 4.79 Å². The van der Waals surface area contributed by atoms with Crippen LogP contribution in [0, 0.1) is 5.92 Å². The second-order valence-corrected chi connectivity index (χ2v) is 6.11. The van der Waals surface area contributed by atoms with E-state index in [-0.39, 0.29) is 11.2 Å². The third-order valence-corrected chi connectivity index (χ3v) is 4.24. The van der Waals surface area contributed by atoms with Crippen LogP contribution in [0.5, 0.6) is 0 Å². The van der Waals surface area contributed by atoms with Crippen molar-refractivity contribution in [3.05, 3.63) is 18.5 Å². The molecule has 1 fully saturated rings. The molecule has 1 amide bonds. The highest BCUT2D eigenvalue weighted by Crippen LogP contribution is 2.23. The molecule has 0 aromatic carbocycles. The Balaban J connectivity index is 1.89. The molecule has 1 atom stereocenters. The van der Waals surface area contributed by atoms with Crippen LogP contribution in [-0.4, -0.2) is 39.1 Å². The van der Waals surface area contributed by atoms with Crippen molar-refractivity contribution in [1.82, 2.24) is 14.9 Å². The lowest BCUT2D eigenvalue weighted by atomic mass is 9.99. The van der Waals surface area contributed by atoms with Crippen LogP contribution in [-0.2, 0) is 4.79 Å². The molecule has 18 heavy (non-hydrogen) atoms. The summed E-state index contributed by atoms with van der Waals surface area (Å²) < 4.78 is 0. The number of carbonyl (C=O) groups is 1. The topological polar surface area (TPSA) is 46.1 Å². The van der Waals surface area contributed by atoms with E-state index in [0.29, 0.717) is 5.16 Å². The van der Waals surface area contributed by atoms with E-state index in [0.717, 1.165) is 31.8 Å². The molecule has 1 unspecified atom stereocenters. The zero-order valence-electron chi connectivity index (χ0n) is 10.9. The Morgan fingerprint density at radius 2 is 2.00 bits per heavy atom. The number of rotatable bonds is 3. The molecule has 4 nitrogen and oxygen atoms in total. The van der Waals surface area contributed by atoms with Gasteiger partial charge in [0.2, 0.25) is 5.91 Å². The second-order valence-electron chi connectivity index (χ2n) is 4.80. The van der Waals surface area contributed by atoms with Crippen molar-refractivity contribution < 1.29 is 4.79 Å². The lowest BCUT2D eigenvalue weighted by molar-refractivity contribution is -0.131. The smallest absolute Gasteiger partial charge is 0.235 e. The van der Waals surface area contributed by atoms with Gasteiger partial charge in [0.15, 0.2) is 5.16 Å². The van der Waals surface area contributed by atoms with Crippen LogP contribution in [0.1, 0.15) is 26.7 Å². The van der Waals surface area contributed by atoms with Crippen LogP contribution in [0.15, 0.2) is 23.6 Å². The predicted octanol–water partition coefficient (Wildman–Crippen LogP) is 2.22. The largest absolute Gasteiger partial charge is 0.342 e. The van der Waals surface area contributed by atoms with Crippen molar-refractivity contribution in [2.24, 2.45) is 5.92 Å². The minimum atomic E-state index is -0.110. The summed E-state index contributed by atoms with van der Waals surface area (Å²) in [5.41, 5.74) is 0. The van der Waals surface area contributed by atoms with E-state index in [1.807, 2.05) is 11.8 Å². The highest BCUT2D eigenvalue weighted by Gasteiger charge is 2.25. The van der Waals surface area contributed by atoms with Crippen LogP contribution >= 0.6 is 11.8 Å². The van der Waals surface area contributed by atoms with Gasteiger partial charge in [0.25, 0.3) is 0 Å². The summed E-state index contributed by atoms with van der Waals surface area (Å²) in [7, 11) is 0. The van der Waals surface area contributed by atoms with Crippen molar-refractivity contribution in [3.8, 4) is 0 Å². The van der Waals surface area contributed by atoms with Gasteiger partial charge in [0, 0.05) is 25.5 Å². The number of amides is 1. The standard InChI is InChI=1S/C13H19N3OS/c1-10-4-8-16(9-5-10)12(17)11(2)18-13-14-6-3-7-15-13/h3,6-7,10-11H,4-5,8-9H2,1-2H3. The zero-order valence-corrected chi connectivity index (χ0v) is 11.7. The Bertz CT molecular complexity index is 390. The van der Waals surface area contributed by atoms with Gasteiger partial charge in [-0.05, 0) is 31.7 Å². The molecule has 0 aliphatic carbocycles. The van der Waals surface area contributed by atoms with Crippen molar-refractivity contribution in [3.63, 3.8) is 0 Å². The Morgan fingerprint density at radius 1 is 1.39 bits per heavy atom. The van der Waals surface area contributed by atoms with Crippen LogP contribution in [0.3, 0.4) is 0 Å². The Kier molecular flexibility index (Phi) is 4.58. The number of piperidine rings is 1. The van der Waals surface area contributed by atoms with Crippen LogP contribution in [0.25, 0.3) is 0 Å². The predicted molar refractivity (Wildman–Crippen MR) is 72.3 cm³/mol. The number of thioether (sulfide) groups is 1. The summed E-state index contributed by atoms with van der Waals surface area (Å²) in [5, 5.41) is 0.560. The molecule has 0 N–H and O–H groups in total. The number of nitrogens with zero attached hydrogens (tertiary/aromatic N) is 3. The highest BCUT2D eigenvalue weighted by molar-refractivity contribution is 8.00. The van der Waals surface area contributed by atoms with E-state index < -0.39 is 0 Å². The van der Waals surface area contributed by atoms with Crippen LogP contribution in [0.2, 0.25) is 0 Å². The van der Waals surface area contributed by atoms with Gasteiger partial charge in [-0.1, -0.05) is 18.7 Å². The summed E-state index contributed by atoms with van der Waals surface area (Å²) in [6.07, 6.45) is 5.64. The summed E-state index contributed by atoms with van der Waals surface area (Å²) in [6.45, 7) is 5.96. The summed E-state index contributed by atoms with van der Waals surface area (Å²) in [5.74, 6) is 0.953. The first-order valence-corrected chi connectivity index (χ1v) is 7.27. The van der Waals surface area contributed by atoms with Gasteiger partial charge in [-0.25, -0.2) is 9.97 Å². The fourth-order valence-corrected chi connectivity index (χ4v) is 2.85. The normalized spacial score (nSPS) is 18.7. The molecular formula is C13H19N3OS. The minimum Gasteiger partial charge on any atom is -0.342 e. The molecule has 0 bridgehead atoms. The van der Waals surface area contributed by atoms with Gasteiger partial charge in [0.1, 0.15) is 0 Å². The van der Waals surface area contributed by atoms with E-state index in [1.165, 1.54) is 11.8 Å². The van der Waals surface area contributed by atoms with Crippen molar-refractivity contribution in [1.29, 1.82) is 0 Å². The monoisotopic (exact) mass is 265 g/mol. The van der Waals surface area contributed by atoms with Gasteiger partial charge in [-0.15, -0.1) is 0 Å². The molecule has 1 saturated heterocycles. The average molecular weight is 265 g/mol. The minimum absolute atomic E-state index is 0.110. The molecule has 2 heterocycles. The fraction of sp³-hybridized carbons (Fsp3) is 0.615. The third kappa shape index (κ3) is 3.45. The SMILES string of the molecule is CC1CCN(C(=O)C(C)Sc2ncccn2)CC1. The molecule has 1 aliphatic heterocycles. The maximum absolute atomic E-state index is 12.3. The lowest BCUT2D eigenvalue weighted by Crippen LogP contribution is -2.41. The van der Waals surface area contributed by atoms with Crippen LogP contribution in [0.4, 0.5) is 0 Å². The maximum atomic E-state index is 12.3. The van der Waals surface area contributed by atoms with Gasteiger partial charge in [-0.2, -0.15) is 0 Å². The Morgan fingerprint density at radius 3 is 2.61 bits per heavy atom. The lowest BCUT2D eigenvalue weighted by Gasteiger charge is -2.31. The molecule has 2 rings (SSSR count). The molecule has 1 aromatic heterocycles. The molecular weight excluding hydrogens is 246 g/mol. The second kappa shape index (κ2) is 6.18. The van der Waals surface area contributed by atoms with Gasteiger partial charge < -0.3 is 4.90 Å². The first-order valence-electron chi connectivity index (χ1n) is 6.39. The molecule has 0 spiro atoms. The first kappa shape index (κ1) is 13.3. The molecule has 1 aliphatic rings. The van der Waals surface area contributed by atoms with Gasteiger partial charge >= 0.3 is 0 Å². The van der Waals surface area contributed by atoms with Crippen molar-refractivity contribution in [2.45, 2.75) is 37.1 Å².